The van der Waals surface area contributed by atoms with E-state index in [4.69, 9.17) is 0 Å². The first kappa shape index (κ1) is 12.8. The molecule has 1 aliphatic heterocycles. The molecule has 92 valence electrons. The number of hydrogen-bond donors (Lipinski definition) is 0. The third kappa shape index (κ3) is 2.65. The molecule has 0 aromatic rings. The van der Waals surface area contributed by atoms with E-state index in [1.54, 1.807) is 0 Å². The molecule has 0 saturated heterocycles. The Morgan fingerprint density at radius 3 is 2.44 bits per heavy atom. The fraction of sp³-hybridized carbons (Fsp3) is 0.571. The molecule has 0 aliphatic carbocycles. The summed E-state index contributed by atoms with van der Waals surface area (Å²) in [6.07, 6.45) is -3.09. The van der Waals surface area contributed by atoms with Gasteiger partial charge in [0, 0.05) is 6.26 Å². The molecule has 0 radical (unpaired) electrons. The second kappa shape index (κ2) is 3.96. The summed E-state index contributed by atoms with van der Waals surface area (Å²) in [6.45, 7) is -0.640. The quantitative estimate of drug-likeness (QED) is 0.650. The lowest BCUT2D eigenvalue weighted by atomic mass is 10.5. The summed E-state index contributed by atoms with van der Waals surface area (Å²) in [5, 5.41) is -1.06. The second-order valence-corrected chi connectivity index (χ2v) is 4.90. The number of aliphatic imine (C=N–C) groups is 1. The maximum absolute atomic E-state index is 12.5. The van der Waals surface area contributed by atoms with E-state index < -0.39 is 27.8 Å². The smallest absolute Gasteiger partial charge is 0.481 e. The van der Waals surface area contributed by atoms with Crippen LogP contribution in [0.5, 0.6) is 0 Å². The predicted molar refractivity (Wildman–Crippen MR) is 50.1 cm³/mol. The van der Waals surface area contributed by atoms with Gasteiger partial charge in [0.05, 0.1) is 13.7 Å². The number of nitrogens with zero attached hydrogens (tertiary/aromatic N) is 2. The topological polar surface area (TPSA) is 59.0 Å². The van der Waals surface area contributed by atoms with Crippen LogP contribution in [-0.4, -0.2) is 44.7 Å². The van der Waals surface area contributed by atoms with Crippen molar-refractivity contribution in [3.63, 3.8) is 0 Å². The van der Waals surface area contributed by atoms with E-state index in [0.29, 0.717) is 6.26 Å². The van der Waals surface area contributed by atoms with Crippen molar-refractivity contribution in [3.05, 3.63) is 12.0 Å². The van der Waals surface area contributed by atoms with E-state index in [2.05, 4.69) is 9.73 Å². The van der Waals surface area contributed by atoms with Gasteiger partial charge < -0.3 is 4.74 Å². The van der Waals surface area contributed by atoms with Gasteiger partial charge in [0.25, 0.3) is 0 Å². The highest BCUT2D eigenvalue weighted by atomic mass is 32.2. The highest BCUT2D eigenvalue weighted by Crippen LogP contribution is 2.26. The maximum atomic E-state index is 12.5. The zero-order chi connectivity index (χ0) is 12.6. The summed E-state index contributed by atoms with van der Waals surface area (Å²) < 4.78 is 64.3. The Balaban J connectivity index is 3.20. The summed E-state index contributed by atoms with van der Waals surface area (Å²) in [5.74, 6) is -0.152. The molecule has 0 atom stereocenters. The van der Waals surface area contributed by atoms with Crippen molar-refractivity contribution in [1.82, 2.24) is 4.90 Å². The van der Waals surface area contributed by atoms with Crippen LogP contribution in [0, 0.1) is 0 Å². The van der Waals surface area contributed by atoms with Crippen molar-refractivity contribution < 1.29 is 26.3 Å². The second-order valence-electron chi connectivity index (χ2n) is 2.99. The molecule has 0 saturated carbocycles. The van der Waals surface area contributed by atoms with Crippen molar-refractivity contribution in [1.29, 1.82) is 0 Å². The molecule has 0 fully saturated rings. The molecular formula is C7H9F3N2O3S. The van der Waals surface area contributed by atoms with Crippen LogP contribution < -0.4 is 0 Å². The van der Waals surface area contributed by atoms with Gasteiger partial charge in [-0.25, -0.2) is 8.42 Å². The summed E-state index contributed by atoms with van der Waals surface area (Å²) >= 11 is 0. The van der Waals surface area contributed by atoms with E-state index >= 15 is 0 Å². The first-order valence-electron chi connectivity index (χ1n) is 4.03. The average molecular weight is 258 g/mol. The third-order valence-electron chi connectivity index (χ3n) is 1.73. The van der Waals surface area contributed by atoms with Gasteiger partial charge in [0.2, 0.25) is 20.9 Å². The molecule has 0 aromatic heterocycles. The number of amidine groups is 1. The normalized spacial score (nSPS) is 17.9. The van der Waals surface area contributed by atoms with E-state index in [9.17, 15) is 21.6 Å². The van der Waals surface area contributed by atoms with Gasteiger partial charge in [0.1, 0.15) is 0 Å². The molecule has 1 heterocycles. The molecule has 0 aromatic carbocycles. The number of hydrogen-bond acceptors (Lipinski definition) is 5. The SMILES string of the molecule is COC1=CCN(C(F)(F)F)C(S(C)(=O)=O)=N1. The summed E-state index contributed by atoms with van der Waals surface area (Å²) in [7, 11) is -2.87. The van der Waals surface area contributed by atoms with Crippen LogP contribution in [-0.2, 0) is 14.6 Å². The standard InChI is InChI=1S/C7H9F3N2O3S/c1-15-5-3-4-12(7(8,9)10)6(11-5)16(2,13)14/h3H,4H2,1-2H3. The fourth-order valence-electron chi connectivity index (χ4n) is 1.07. The van der Waals surface area contributed by atoms with Gasteiger partial charge in [-0.3, -0.25) is 4.90 Å². The number of halogens is 3. The van der Waals surface area contributed by atoms with Crippen LogP contribution in [0.1, 0.15) is 0 Å². The van der Waals surface area contributed by atoms with Crippen molar-refractivity contribution in [2.24, 2.45) is 4.99 Å². The predicted octanol–water partition coefficient (Wildman–Crippen LogP) is 0.710. The van der Waals surface area contributed by atoms with Crippen LogP contribution in [0.15, 0.2) is 17.0 Å². The van der Waals surface area contributed by atoms with Crippen molar-refractivity contribution in [2.45, 2.75) is 6.30 Å². The molecule has 0 N–H and O–H groups in total. The highest BCUT2D eigenvalue weighted by molar-refractivity contribution is 8.05. The van der Waals surface area contributed by atoms with Crippen molar-refractivity contribution in [2.75, 3.05) is 19.9 Å². The van der Waals surface area contributed by atoms with Gasteiger partial charge >= 0.3 is 6.30 Å². The Labute approximate surface area is 90.1 Å². The number of rotatable bonds is 1. The van der Waals surface area contributed by atoms with E-state index in [-0.39, 0.29) is 10.8 Å². The number of ether oxygens (including phenoxy) is 1. The largest absolute Gasteiger partial charge is 0.486 e. The minimum atomic E-state index is -4.79. The third-order valence-corrected chi connectivity index (χ3v) is 2.71. The summed E-state index contributed by atoms with van der Waals surface area (Å²) in [6, 6.07) is 0. The van der Waals surface area contributed by atoms with Crippen LogP contribution in [0.3, 0.4) is 0 Å². The van der Waals surface area contributed by atoms with Crippen molar-refractivity contribution in [3.8, 4) is 0 Å². The van der Waals surface area contributed by atoms with Gasteiger partial charge in [0.15, 0.2) is 0 Å². The molecule has 0 bridgehead atoms. The summed E-state index contributed by atoms with van der Waals surface area (Å²) in [4.78, 5) is 3.03. The molecule has 9 heteroatoms. The Morgan fingerprint density at radius 2 is 2.06 bits per heavy atom. The zero-order valence-corrected chi connectivity index (χ0v) is 9.26. The lowest BCUT2D eigenvalue weighted by Crippen LogP contribution is -2.47. The van der Waals surface area contributed by atoms with Gasteiger partial charge in [-0.05, 0) is 6.08 Å². The minimum absolute atomic E-state index is 0.152. The minimum Gasteiger partial charge on any atom is -0.481 e. The number of methoxy groups -OCH3 is 1. The molecule has 0 amide bonds. The van der Waals surface area contributed by atoms with E-state index in [0.717, 1.165) is 6.08 Å². The zero-order valence-electron chi connectivity index (χ0n) is 8.45. The van der Waals surface area contributed by atoms with Gasteiger partial charge in [-0.1, -0.05) is 0 Å². The first-order valence-corrected chi connectivity index (χ1v) is 5.92. The average Bonchev–Trinajstić information content (AvgIpc) is 2.14. The Kier molecular flexibility index (Phi) is 3.17. The highest BCUT2D eigenvalue weighted by Gasteiger charge is 2.43. The number of sulfone groups is 1. The maximum Gasteiger partial charge on any atom is 0.486 e. The monoisotopic (exact) mass is 258 g/mol. The van der Waals surface area contributed by atoms with Crippen LogP contribution in [0.2, 0.25) is 0 Å². The molecule has 5 nitrogen and oxygen atoms in total. The lowest BCUT2D eigenvalue weighted by Gasteiger charge is -2.28. The van der Waals surface area contributed by atoms with Crippen molar-refractivity contribution >= 4 is 15.0 Å². The Hall–Kier alpha value is -1.25. The lowest BCUT2D eigenvalue weighted by molar-refractivity contribution is -0.214. The molecule has 1 aliphatic rings. The van der Waals surface area contributed by atoms with Crippen LogP contribution in [0.25, 0.3) is 0 Å². The molecular weight excluding hydrogens is 249 g/mol. The molecule has 0 spiro atoms. The Bertz CT molecular complexity index is 438. The molecule has 0 unspecified atom stereocenters. The number of alkyl halides is 3. The molecule has 1 rings (SSSR count). The molecule has 16 heavy (non-hydrogen) atoms. The first-order chi connectivity index (χ1) is 7.16. The van der Waals surface area contributed by atoms with Gasteiger partial charge in [-0.15, -0.1) is 13.2 Å². The van der Waals surface area contributed by atoms with Crippen LogP contribution in [0.4, 0.5) is 13.2 Å². The fourth-order valence-corrected chi connectivity index (χ4v) is 1.91. The Morgan fingerprint density at radius 1 is 1.50 bits per heavy atom. The van der Waals surface area contributed by atoms with Gasteiger partial charge in [-0.2, -0.15) is 4.99 Å². The van der Waals surface area contributed by atoms with E-state index in [1.165, 1.54) is 7.11 Å². The summed E-state index contributed by atoms with van der Waals surface area (Å²) in [5.41, 5.74) is 0. The van der Waals surface area contributed by atoms with E-state index in [1.807, 2.05) is 0 Å². The van der Waals surface area contributed by atoms with Crippen LogP contribution >= 0.6 is 0 Å².